The fraction of sp³-hybridized carbons (Fsp3) is 0.556. The number of carbonyl (C=O) groups is 4. The number of ether oxygens (including phenoxy) is 1. The molecule has 0 heterocycles. The number of carboxylic acid groups (broad SMARTS) is 1. The summed E-state index contributed by atoms with van der Waals surface area (Å²) in [6, 6.07) is 9.12. The molecule has 44 heavy (non-hydrogen) atoms. The summed E-state index contributed by atoms with van der Waals surface area (Å²) in [7, 11) is 0. The highest BCUT2D eigenvalue weighted by molar-refractivity contribution is 6.12. The molecular weight excluding hydrogens is 556 g/mol. The first-order valence-corrected chi connectivity index (χ1v) is 15.8. The van der Waals surface area contributed by atoms with Crippen molar-refractivity contribution in [2.75, 3.05) is 11.9 Å². The van der Waals surface area contributed by atoms with Gasteiger partial charge in [-0.2, -0.15) is 0 Å². The van der Waals surface area contributed by atoms with Crippen molar-refractivity contribution in [2.45, 2.75) is 112 Å². The van der Waals surface area contributed by atoms with Gasteiger partial charge in [0.15, 0.2) is 0 Å². The number of benzene rings is 2. The third-order valence-electron chi connectivity index (χ3n) is 8.51. The monoisotopic (exact) mass is 608 g/mol. The van der Waals surface area contributed by atoms with E-state index in [1.165, 1.54) is 24.6 Å². The Morgan fingerprint density at radius 3 is 2.09 bits per heavy atom. The smallest absolute Gasteiger partial charge is 0.338 e. The molecule has 242 valence electrons. The highest BCUT2D eigenvalue weighted by atomic mass is 16.5. The first kappa shape index (κ1) is 36.5. The summed E-state index contributed by atoms with van der Waals surface area (Å²) >= 11 is 0. The molecule has 0 spiro atoms. The van der Waals surface area contributed by atoms with E-state index in [1.807, 2.05) is 41.5 Å². The molecule has 0 radical (unpaired) electrons. The number of hydrogen-bond donors (Lipinski definition) is 3. The van der Waals surface area contributed by atoms with Crippen LogP contribution in [-0.2, 0) is 10.2 Å². The van der Waals surface area contributed by atoms with Gasteiger partial charge in [0.05, 0.1) is 23.3 Å². The lowest BCUT2D eigenvalue weighted by Gasteiger charge is -2.25. The van der Waals surface area contributed by atoms with Crippen LogP contribution in [0.4, 0.5) is 5.69 Å². The molecule has 0 fully saturated rings. The molecule has 2 aromatic rings. The van der Waals surface area contributed by atoms with Crippen LogP contribution in [0.3, 0.4) is 0 Å². The summed E-state index contributed by atoms with van der Waals surface area (Å²) in [5, 5.41) is 15.5. The third kappa shape index (κ3) is 10.8. The van der Waals surface area contributed by atoms with E-state index in [0.29, 0.717) is 36.1 Å². The van der Waals surface area contributed by atoms with E-state index in [-0.39, 0.29) is 22.1 Å². The quantitative estimate of drug-likeness (QED) is 0.165. The van der Waals surface area contributed by atoms with E-state index in [0.717, 1.165) is 31.2 Å². The molecule has 8 nitrogen and oxygen atoms in total. The molecule has 3 N–H and O–H groups in total. The number of carbonyl (C=O) groups excluding carboxylic acids is 3. The summed E-state index contributed by atoms with van der Waals surface area (Å²) in [5.41, 5.74) is 0.493. The van der Waals surface area contributed by atoms with E-state index >= 15 is 0 Å². The summed E-state index contributed by atoms with van der Waals surface area (Å²) in [6.07, 6.45) is 5.67. The largest absolute Gasteiger partial charge is 0.478 e. The molecule has 2 rings (SSSR count). The van der Waals surface area contributed by atoms with Gasteiger partial charge in [-0.15, -0.1) is 0 Å². The topological polar surface area (TPSA) is 122 Å². The average Bonchev–Trinajstić information content (AvgIpc) is 2.96. The number of anilines is 1. The number of nitrogens with one attached hydrogen (secondary N) is 2. The van der Waals surface area contributed by atoms with Crippen molar-refractivity contribution in [1.82, 2.24) is 5.32 Å². The number of hydrogen-bond acceptors (Lipinski definition) is 5. The van der Waals surface area contributed by atoms with Crippen LogP contribution in [0.15, 0.2) is 36.4 Å². The summed E-state index contributed by atoms with van der Waals surface area (Å²) in [4.78, 5) is 51.4. The van der Waals surface area contributed by atoms with Crippen molar-refractivity contribution in [2.24, 2.45) is 11.8 Å². The normalized spacial score (nSPS) is 12.5. The van der Waals surface area contributed by atoms with E-state index in [4.69, 9.17) is 4.74 Å². The van der Waals surface area contributed by atoms with Crippen LogP contribution in [0.25, 0.3) is 0 Å². The Balaban J connectivity index is 2.29. The zero-order valence-corrected chi connectivity index (χ0v) is 28.1. The first-order chi connectivity index (χ1) is 20.5. The summed E-state index contributed by atoms with van der Waals surface area (Å²) in [6.45, 7) is 18.7. The molecule has 0 saturated heterocycles. The second-order valence-electron chi connectivity index (χ2n) is 13.6. The van der Waals surface area contributed by atoms with Gasteiger partial charge in [0.25, 0.3) is 11.8 Å². The molecule has 0 saturated carbocycles. The van der Waals surface area contributed by atoms with Gasteiger partial charge in [0.1, 0.15) is 0 Å². The number of aromatic carboxylic acids is 1. The lowest BCUT2D eigenvalue weighted by atomic mass is 9.81. The fourth-order valence-electron chi connectivity index (χ4n) is 4.59. The standard InChI is InChI=1S/C36H52N2O6/c1-10-35(6,7)27-19-26(34(43)44-18-17-24(5)14-12-13-23(3)4)20-28(22-27)37-32(40)29-16-15-25(21-30(29)33(41)42)31(39)38-36(8,9)11-2/h15-16,19-24H,10-14,17-18H2,1-9H3,(H,37,40)(H,38,39)(H,41,42). The predicted molar refractivity (Wildman–Crippen MR) is 176 cm³/mol. The maximum atomic E-state index is 13.4. The SMILES string of the molecule is CCC(C)(C)NC(=O)c1ccc(C(=O)Nc2cc(C(=O)OCCC(C)CCCC(C)C)cc(C(C)(C)CC)c2)c(C(=O)O)c1. The van der Waals surface area contributed by atoms with Crippen LogP contribution in [0.2, 0.25) is 0 Å². The molecule has 8 heteroatoms. The predicted octanol–water partition coefficient (Wildman–Crippen LogP) is 8.25. The van der Waals surface area contributed by atoms with Crippen LogP contribution < -0.4 is 10.6 Å². The van der Waals surface area contributed by atoms with Gasteiger partial charge >= 0.3 is 11.9 Å². The van der Waals surface area contributed by atoms with E-state index < -0.39 is 29.3 Å². The van der Waals surface area contributed by atoms with Crippen LogP contribution >= 0.6 is 0 Å². The molecule has 0 aliphatic carbocycles. The van der Waals surface area contributed by atoms with Crippen LogP contribution in [0, 0.1) is 11.8 Å². The minimum Gasteiger partial charge on any atom is -0.478 e. The molecule has 0 aliphatic rings. The zero-order valence-electron chi connectivity index (χ0n) is 28.1. The van der Waals surface area contributed by atoms with Crippen molar-refractivity contribution in [3.63, 3.8) is 0 Å². The highest BCUT2D eigenvalue weighted by Crippen LogP contribution is 2.31. The second-order valence-corrected chi connectivity index (χ2v) is 13.6. The first-order valence-electron chi connectivity index (χ1n) is 15.8. The number of amides is 2. The zero-order chi connectivity index (χ0) is 33.2. The molecule has 2 aromatic carbocycles. The van der Waals surface area contributed by atoms with Crippen LogP contribution in [0.1, 0.15) is 148 Å². The summed E-state index contributed by atoms with van der Waals surface area (Å²) < 4.78 is 5.63. The van der Waals surface area contributed by atoms with E-state index in [9.17, 15) is 24.3 Å². The second kappa shape index (κ2) is 15.9. The van der Waals surface area contributed by atoms with Crippen molar-refractivity contribution in [3.8, 4) is 0 Å². The van der Waals surface area contributed by atoms with Crippen molar-refractivity contribution in [1.29, 1.82) is 0 Å². The van der Waals surface area contributed by atoms with Gasteiger partial charge in [0, 0.05) is 16.8 Å². The lowest BCUT2D eigenvalue weighted by Crippen LogP contribution is -2.42. The molecule has 0 bridgehead atoms. The molecule has 0 aliphatic heterocycles. The van der Waals surface area contributed by atoms with Gasteiger partial charge in [-0.05, 0) is 92.3 Å². The Morgan fingerprint density at radius 2 is 1.50 bits per heavy atom. The van der Waals surface area contributed by atoms with Gasteiger partial charge in [0.2, 0.25) is 0 Å². The fourth-order valence-corrected chi connectivity index (χ4v) is 4.59. The Hall–Kier alpha value is -3.68. The minimum absolute atomic E-state index is 0.0977. The van der Waals surface area contributed by atoms with Gasteiger partial charge in [-0.25, -0.2) is 9.59 Å². The summed E-state index contributed by atoms with van der Waals surface area (Å²) in [5.74, 6) is -1.77. The molecule has 1 unspecified atom stereocenters. The van der Waals surface area contributed by atoms with Crippen LogP contribution in [-0.4, -0.2) is 41.0 Å². The Labute approximate surface area is 263 Å². The molecular formula is C36H52N2O6. The van der Waals surface area contributed by atoms with E-state index in [1.54, 1.807) is 18.2 Å². The van der Waals surface area contributed by atoms with Crippen molar-refractivity contribution < 1.29 is 29.0 Å². The molecule has 0 aromatic heterocycles. The Bertz CT molecular complexity index is 1330. The molecule has 1 atom stereocenters. The average molecular weight is 609 g/mol. The van der Waals surface area contributed by atoms with E-state index in [2.05, 4.69) is 31.4 Å². The van der Waals surface area contributed by atoms with Crippen LogP contribution in [0.5, 0.6) is 0 Å². The Morgan fingerprint density at radius 1 is 0.818 bits per heavy atom. The number of rotatable bonds is 16. The molecule has 2 amide bonds. The van der Waals surface area contributed by atoms with Gasteiger partial charge in [-0.1, -0.05) is 67.7 Å². The number of carboxylic acids is 1. The maximum Gasteiger partial charge on any atom is 0.338 e. The van der Waals surface area contributed by atoms with Crippen molar-refractivity contribution in [3.05, 3.63) is 64.2 Å². The number of esters is 1. The van der Waals surface area contributed by atoms with Gasteiger partial charge < -0.3 is 20.5 Å². The highest BCUT2D eigenvalue weighted by Gasteiger charge is 2.25. The minimum atomic E-state index is -1.33. The van der Waals surface area contributed by atoms with Crippen molar-refractivity contribution >= 4 is 29.4 Å². The third-order valence-corrected chi connectivity index (χ3v) is 8.51. The Kier molecular flexibility index (Phi) is 13.2. The maximum absolute atomic E-state index is 13.4. The van der Waals surface area contributed by atoms with Gasteiger partial charge in [-0.3, -0.25) is 9.59 Å². The lowest BCUT2D eigenvalue weighted by molar-refractivity contribution is 0.0482.